The summed E-state index contributed by atoms with van der Waals surface area (Å²) in [5.41, 5.74) is 14.7. The minimum atomic E-state index is 0.160. The van der Waals surface area contributed by atoms with Gasteiger partial charge in [-0.2, -0.15) is 0 Å². The van der Waals surface area contributed by atoms with Crippen molar-refractivity contribution in [3.8, 4) is 5.75 Å². The number of hydrogen-bond acceptors (Lipinski definition) is 3. The molecule has 88 valence electrons. The van der Waals surface area contributed by atoms with E-state index in [-0.39, 0.29) is 5.75 Å². The van der Waals surface area contributed by atoms with Gasteiger partial charge in [-0.15, -0.1) is 0 Å². The molecule has 4 nitrogen and oxygen atoms in total. The molecule has 0 saturated heterocycles. The van der Waals surface area contributed by atoms with E-state index in [1.165, 1.54) is 0 Å². The van der Waals surface area contributed by atoms with Gasteiger partial charge in [-0.1, -0.05) is 12.1 Å². The summed E-state index contributed by atoms with van der Waals surface area (Å²) in [5, 5.41) is 9.69. The Kier molecular flexibility index (Phi) is 2.78. The first-order valence-corrected chi connectivity index (χ1v) is 5.28. The van der Waals surface area contributed by atoms with E-state index >= 15 is 0 Å². The predicted molar refractivity (Wildman–Crippen MR) is 70.1 cm³/mol. The first kappa shape index (κ1) is 11.1. The highest BCUT2D eigenvalue weighted by Crippen LogP contribution is 2.25. The SMILES string of the molecule is Cc1c[nH]c(N)c1/C=C(\N)c1ccccc1O. The second-order valence-corrected chi connectivity index (χ2v) is 3.92. The lowest BCUT2D eigenvalue weighted by Crippen LogP contribution is -1.97. The third kappa shape index (κ3) is 2.10. The topological polar surface area (TPSA) is 88.1 Å². The number of anilines is 1. The fraction of sp³-hybridized carbons (Fsp3) is 0.0769. The van der Waals surface area contributed by atoms with Gasteiger partial charge in [-0.05, 0) is 30.7 Å². The molecule has 1 aromatic carbocycles. The van der Waals surface area contributed by atoms with Crippen LogP contribution in [-0.2, 0) is 0 Å². The molecule has 0 amide bonds. The number of hydrogen-bond donors (Lipinski definition) is 4. The van der Waals surface area contributed by atoms with Crippen LogP contribution in [0.15, 0.2) is 30.5 Å². The number of phenolic OH excluding ortho intramolecular Hbond substituents is 1. The first-order chi connectivity index (χ1) is 8.09. The van der Waals surface area contributed by atoms with Crippen molar-refractivity contribution in [2.24, 2.45) is 5.73 Å². The number of nitrogens with two attached hydrogens (primary N) is 2. The maximum absolute atomic E-state index is 9.69. The van der Waals surface area contributed by atoms with Crippen LogP contribution in [0.5, 0.6) is 5.75 Å². The van der Waals surface area contributed by atoms with E-state index in [2.05, 4.69) is 4.98 Å². The number of benzene rings is 1. The lowest BCUT2D eigenvalue weighted by molar-refractivity contribution is 0.473. The van der Waals surface area contributed by atoms with Crippen molar-refractivity contribution < 1.29 is 5.11 Å². The second-order valence-electron chi connectivity index (χ2n) is 3.92. The highest BCUT2D eigenvalue weighted by molar-refractivity contribution is 5.85. The van der Waals surface area contributed by atoms with Crippen LogP contribution < -0.4 is 11.5 Å². The summed E-state index contributed by atoms with van der Waals surface area (Å²) < 4.78 is 0. The average molecular weight is 229 g/mol. The van der Waals surface area contributed by atoms with Gasteiger partial charge in [-0.25, -0.2) is 0 Å². The smallest absolute Gasteiger partial charge is 0.124 e. The molecule has 0 spiro atoms. The van der Waals surface area contributed by atoms with Gasteiger partial charge in [0.05, 0.1) is 0 Å². The van der Waals surface area contributed by atoms with E-state index in [9.17, 15) is 5.11 Å². The summed E-state index contributed by atoms with van der Waals surface area (Å²) in [7, 11) is 0. The number of nitrogens with one attached hydrogen (secondary N) is 1. The molecule has 0 unspecified atom stereocenters. The molecule has 4 heteroatoms. The zero-order valence-corrected chi connectivity index (χ0v) is 9.57. The molecule has 0 bridgehead atoms. The first-order valence-electron chi connectivity index (χ1n) is 5.28. The molecule has 0 saturated carbocycles. The van der Waals surface area contributed by atoms with Crippen molar-refractivity contribution >= 4 is 17.6 Å². The van der Waals surface area contributed by atoms with Crippen LogP contribution in [-0.4, -0.2) is 10.1 Å². The van der Waals surface area contributed by atoms with E-state index < -0.39 is 0 Å². The number of aromatic nitrogens is 1. The monoisotopic (exact) mass is 229 g/mol. The van der Waals surface area contributed by atoms with Crippen molar-refractivity contribution in [2.45, 2.75) is 6.92 Å². The Labute approximate surface area is 99.6 Å². The second kappa shape index (κ2) is 4.25. The van der Waals surface area contributed by atoms with Crippen LogP contribution in [0.1, 0.15) is 16.7 Å². The van der Waals surface area contributed by atoms with E-state index in [1.54, 1.807) is 24.3 Å². The Bertz CT molecular complexity index is 550. The van der Waals surface area contributed by atoms with Crippen LogP contribution in [0.25, 0.3) is 11.8 Å². The largest absolute Gasteiger partial charge is 0.507 e. The molecule has 1 aromatic heterocycles. The van der Waals surface area contributed by atoms with Crippen LogP contribution in [0.2, 0.25) is 0 Å². The molecular weight excluding hydrogens is 214 g/mol. The summed E-state index contributed by atoms with van der Waals surface area (Å²) in [4.78, 5) is 2.92. The normalized spacial score (nSPS) is 11.7. The number of para-hydroxylation sites is 1. The standard InChI is InChI=1S/C13H15N3O/c1-8-7-16-13(15)10(8)6-11(14)9-4-2-3-5-12(9)17/h2-7,16-17H,14-15H2,1H3/b11-6-. The predicted octanol–water partition coefficient (Wildman–Crippen LogP) is 2.07. The molecule has 1 heterocycles. The molecule has 0 aliphatic rings. The molecule has 0 radical (unpaired) electrons. The quantitative estimate of drug-likeness (QED) is 0.635. The van der Waals surface area contributed by atoms with E-state index in [1.807, 2.05) is 19.2 Å². The number of H-pyrrole nitrogens is 1. The molecule has 0 aliphatic carbocycles. The van der Waals surface area contributed by atoms with Crippen LogP contribution in [0.4, 0.5) is 5.82 Å². The third-order valence-electron chi connectivity index (χ3n) is 2.67. The fourth-order valence-electron chi connectivity index (χ4n) is 1.70. The van der Waals surface area contributed by atoms with Gasteiger partial charge in [0.2, 0.25) is 0 Å². The van der Waals surface area contributed by atoms with Crippen molar-refractivity contribution in [3.05, 3.63) is 47.2 Å². The lowest BCUT2D eigenvalue weighted by atomic mass is 10.1. The van der Waals surface area contributed by atoms with Gasteiger partial charge in [0.1, 0.15) is 11.6 Å². The van der Waals surface area contributed by atoms with E-state index in [4.69, 9.17) is 11.5 Å². The molecule has 2 aromatic rings. The van der Waals surface area contributed by atoms with Crippen molar-refractivity contribution in [1.82, 2.24) is 4.98 Å². The highest BCUT2D eigenvalue weighted by atomic mass is 16.3. The summed E-state index contributed by atoms with van der Waals surface area (Å²) in [6, 6.07) is 6.94. The third-order valence-corrected chi connectivity index (χ3v) is 2.67. The number of nitrogen functional groups attached to an aromatic ring is 1. The zero-order chi connectivity index (χ0) is 12.4. The Morgan fingerprint density at radius 1 is 1.35 bits per heavy atom. The molecular formula is C13H15N3O. The molecule has 0 atom stereocenters. The Morgan fingerprint density at radius 2 is 2.06 bits per heavy atom. The van der Waals surface area contributed by atoms with E-state index in [0.29, 0.717) is 17.1 Å². The number of aromatic hydroxyl groups is 1. The summed E-state index contributed by atoms with van der Waals surface area (Å²) in [5.74, 6) is 0.730. The molecule has 2 rings (SSSR count). The number of aromatic amines is 1. The van der Waals surface area contributed by atoms with Gasteiger partial charge >= 0.3 is 0 Å². The molecule has 6 N–H and O–H groups in total. The van der Waals surface area contributed by atoms with Crippen molar-refractivity contribution in [3.63, 3.8) is 0 Å². The summed E-state index contributed by atoms with van der Waals surface area (Å²) >= 11 is 0. The number of phenols is 1. The van der Waals surface area contributed by atoms with Gasteiger partial charge in [0, 0.05) is 23.0 Å². The lowest BCUT2D eigenvalue weighted by Gasteiger charge is -2.04. The average Bonchev–Trinajstić information content (AvgIpc) is 2.61. The summed E-state index contributed by atoms with van der Waals surface area (Å²) in [6.45, 7) is 1.94. The van der Waals surface area contributed by atoms with Crippen molar-refractivity contribution in [1.29, 1.82) is 0 Å². The van der Waals surface area contributed by atoms with Crippen LogP contribution in [0.3, 0.4) is 0 Å². The van der Waals surface area contributed by atoms with Crippen molar-refractivity contribution in [2.75, 3.05) is 5.73 Å². The van der Waals surface area contributed by atoms with Crippen LogP contribution in [0, 0.1) is 6.92 Å². The Balaban J connectivity index is 2.45. The molecule has 17 heavy (non-hydrogen) atoms. The summed E-state index contributed by atoms with van der Waals surface area (Å²) in [6.07, 6.45) is 3.58. The molecule has 0 aliphatic heterocycles. The minimum absolute atomic E-state index is 0.160. The minimum Gasteiger partial charge on any atom is -0.507 e. The highest BCUT2D eigenvalue weighted by Gasteiger charge is 2.06. The molecule has 0 fully saturated rings. The van der Waals surface area contributed by atoms with Crippen LogP contribution >= 0.6 is 0 Å². The van der Waals surface area contributed by atoms with Gasteiger partial charge in [-0.3, -0.25) is 0 Å². The van der Waals surface area contributed by atoms with Gasteiger partial charge in [0.25, 0.3) is 0 Å². The Morgan fingerprint density at radius 3 is 2.65 bits per heavy atom. The fourth-order valence-corrected chi connectivity index (χ4v) is 1.70. The van der Waals surface area contributed by atoms with E-state index in [0.717, 1.165) is 11.1 Å². The number of aryl methyl sites for hydroxylation is 1. The maximum atomic E-state index is 9.69. The maximum Gasteiger partial charge on any atom is 0.124 e. The van der Waals surface area contributed by atoms with Gasteiger partial charge in [0.15, 0.2) is 0 Å². The number of rotatable bonds is 2. The zero-order valence-electron chi connectivity index (χ0n) is 9.57. The van der Waals surface area contributed by atoms with Gasteiger partial charge < -0.3 is 21.6 Å². The Hall–Kier alpha value is -2.36.